The molecule has 2 aromatic rings. The minimum Gasteiger partial charge on any atom is -0.482 e. The van der Waals surface area contributed by atoms with Crippen molar-refractivity contribution in [2.24, 2.45) is 0 Å². The third-order valence-corrected chi connectivity index (χ3v) is 3.99. The van der Waals surface area contributed by atoms with E-state index in [9.17, 15) is 9.59 Å². The smallest absolute Gasteiger partial charge is 0.341 e. The Morgan fingerprint density at radius 2 is 1.88 bits per heavy atom. The van der Waals surface area contributed by atoms with Gasteiger partial charge in [0.25, 0.3) is 5.91 Å². The average Bonchev–Trinajstić information content (AvgIpc) is 2.65. The van der Waals surface area contributed by atoms with Gasteiger partial charge in [0.15, 0.2) is 6.61 Å². The van der Waals surface area contributed by atoms with Gasteiger partial charge in [-0.15, -0.1) is 0 Å². The van der Waals surface area contributed by atoms with Gasteiger partial charge >= 0.3 is 5.97 Å². The van der Waals surface area contributed by atoms with Crippen molar-refractivity contribution in [2.75, 3.05) is 40.0 Å². The lowest BCUT2D eigenvalue weighted by atomic mass is 10.1. The molecule has 0 saturated carbocycles. The molecule has 1 aliphatic rings. The molecule has 3 rings (SSSR count). The molecule has 0 N–H and O–H groups in total. The van der Waals surface area contributed by atoms with Crippen LogP contribution in [0.1, 0.15) is 10.4 Å². The predicted octanol–water partition coefficient (Wildman–Crippen LogP) is 1.86. The van der Waals surface area contributed by atoms with Crippen molar-refractivity contribution in [3.05, 3.63) is 42.0 Å². The number of amides is 1. The van der Waals surface area contributed by atoms with Crippen molar-refractivity contribution in [3.63, 3.8) is 0 Å². The van der Waals surface area contributed by atoms with Crippen LogP contribution in [0.5, 0.6) is 5.75 Å². The Hall–Kier alpha value is -2.60. The van der Waals surface area contributed by atoms with Gasteiger partial charge in [-0.05, 0) is 11.5 Å². The lowest BCUT2D eigenvalue weighted by Gasteiger charge is -2.27. The van der Waals surface area contributed by atoms with Crippen LogP contribution in [-0.2, 0) is 14.3 Å². The Morgan fingerprint density at radius 1 is 1.12 bits per heavy atom. The van der Waals surface area contributed by atoms with Crippen molar-refractivity contribution < 1.29 is 23.8 Å². The molecular formula is C18H19NO5. The summed E-state index contributed by atoms with van der Waals surface area (Å²) in [6.07, 6.45) is 0. The number of morpholine rings is 1. The number of benzene rings is 2. The van der Waals surface area contributed by atoms with Crippen LogP contribution in [0.25, 0.3) is 10.8 Å². The van der Waals surface area contributed by atoms with E-state index in [0.29, 0.717) is 37.6 Å². The average molecular weight is 329 g/mol. The van der Waals surface area contributed by atoms with Gasteiger partial charge in [-0.2, -0.15) is 0 Å². The van der Waals surface area contributed by atoms with E-state index in [4.69, 9.17) is 14.2 Å². The summed E-state index contributed by atoms with van der Waals surface area (Å²) >= 11 is 0. The maximum atomic E-state index is 12.3. The lowest BCUT2D eigenvalue weighted by Crippen LogP contribution is -2.43. The molecular weight excluding hydrogens is 310 g/mol. The lowest BCUT2D eigenvalue weighted by molar-refractivity contribution is -0.137. The highest BCUT2D eigenvalue weighted by Crippen LogP contribution is 2.30. The van der Waals surface area contributed by atoms with Crippen molar-refractivity contribution in [1.82, 2.24) is 4.90 Å². The highest BCUT2D eigenvalue weighted by Gasteiger charge is 2.20. The topological polar surface area (TPSA) is 65.1 Å². The van der Waals surface area contributed by atoms with Crippen molar-refractivity contribution in [1.29, 1.82) is 0 Å². The number of fused-ring (bicyclic) bond motifs is 1. The van der Waals surface area contributed by atoms with E-state index in [1.54, 1.807) is 11.0 Å². The summed E-state index contributed by atoms with van der Waals surface area (Å²) in [4.78, 5) is 26.0. The largest absolute Gasteiger partial charge is 0.482 e. The molecule has 6 nitrogen and oxygen atoms in total. The molecule has 2 aromatic carbocycles. The summed E-state index contributed by atoms with van der Waals surface area (Å²) in [5, 5.41) is 1.70. The number of hydrogen-bond acceptors (Lipinski definition) is 5. The number of carbonyl (C=O) groups excluding carboxylic acids is 2. The van der Waals surface area contributed by atoms with Gasteiger partial charge in [0.2, 0.25) is 0 Å². The minimum atomic E-state index is -0.491. The fourth-order valence-corrected chi connectivity index (χ4v) is 2.71. The molecule has 1 fully saturated rings. The van der Waals surface area contributed by atoms with Crippen molar-refractivity contribution >= 4 is 22.6 Å². The SMILES string of the molecule is COC(=O)c1ccc2ccccc2c1OCC(=O)N1CCOCC1. The van der Waals surface area contributed by atoms with Crippen LogP contribution in [0, 0.1) is 0 Å². The number of methoxy groups -OCH3 is 1. The van der Waals surface area contributed by atoms with Crippen molar-refractivity contribution in [3.8, 4) is 5.75 Å². The summed E-state index contributed by atoms with van der Waals surface area (Å²) in [5.41, 5.74) is 0.311. The van der Waals surface area contributed by atoms with E-state index >= 15 is 0 Å². The van der Waals surface area contributed by atoms with E-state index in [1.165, 1.54) is 7.11 Å². The number of carbonyl (C=O) groups is 2. The Labute approximate surface area is 139 Å². The first-order chi connectivity index (χ1) is 11.7. The number of esters is 1. The van der Waals surface area contributed by atoms with Crippen LogP contribution in [0.2, 0.25) is 0 Å². The molecule has 0 aliphatic carbocycles. The number of rotatable bonds is 4. The Bertz CT molecular complexity index is 752. The quantitative estimate of drug-likeness (QED) is 0.801. The fourth-order valence-electron chi connectivity index (χ4n) is 2.71. The summed E-state index contributed by atoms with van der Waals surface area (Å²) < 4.78 is 15.8. The van der Waals surface area contributed by atoms with E-state index in [2.05, 4.69) is 0 Å². The van der Waals surface area contributed by atoms with Gasteiger partial charge in [-0.25, -0.2) is 4.79 Å². The maximum Gasteiger partial charge on any atom is 0.341 e. The van der Waals surface area contributed by atoms with Crippen LogP contribution in [0.3, 0.4) is 0 Å². The highest BCUT2D eigenvalue weighted by molar-refractivity contribution is 6.01. The number of nitrogens with zero attached hydrogens (tertiary/aromatic N) is 1. The molecule has 6 heteroatoms. The molecule has 0 atom stereocenters. The molecule has 126 valence electrons. The molecule has 0 unspecified atom stereocenters. The second-order valence-corrected chi connectivity index (χ2v) is 5.44. The van der Waals surface area contributed by atoms with E-state index in [1.807, 2.05) is 30.3 Å². The van der Waals surface area contributed by atoms with Crippen LogP contribution in [-0.4, -0.2) is 56.8 Å². The summed E-state index contributed by atoms with van der Waals surface area (Å²) in [7, 11) is 1.32. The molecule has 0 aromatic heterocycles. The minimum absolute atomic E-state index is 0.123. The first-order valence-electron chi connectivity index (χ1n) is 7.79. The first-order valence-corrected chi connectivity index (χ1v) is 7.79. The van der Waals surface area contributed by atoms with Gasteiger partial charge in [0, 0.05) is 18.5 Å². The van der Waals surface area contributed by atoms with Gasteiger partial charge in [-0.3, -0.25) is 4.79 Å². The molecule has 1 aliphatic heterocycles. The predicted molar refractivity (Wildman–Crippen MR) is 88.2 cm³/mol. The zero-order valence-corrected chi connectivity index (χ0v) is 13.5. The monoisotopic (exact) mass is 329 g/mol. The third-order valence-electron chi connectivity index (χ3n) is 3.99. The summed E-state index contributed by atoms with van der Waals surface area (Å²) in [6, 6.07) is 11.0. The van der Waals surface area contributed by atoms with Crippen LogP contribution in [0.4, 0.5) is 0 Å². The zero-order chi connectivity index (χ0) is 16.9. The van der Waals surface area contributed by atoms with Crippen LogP contribution in [0.15, 0.2) is 36.4 Å². The normalized spacial score (nSPS) is 14.5. The van der Waals surface area contributed by atoms with Crippen LogP contribution < -0.4 is 4.74 Å². The number of ether oxygens (including phenoxy) is 3. The second kappa shape index (κ2) is 7.31. The molecule has 1 saturated heterocycles. The Balaban J connectivity index is 1.86. The molecule has 0 radical (unpaired) electrons. The van der Waals surface area contributed by atoms with Gasteiger partial charge < -0.3 is 19.1 Å². The molecule has 1 heterocycles. The molecule has 0 spiro atoms. The number of hydrogen-bond donors (Lipinski definition) is 0. The molecule has 24 heavy (non-hydrogen) atoms. The first kappa shape index (κ1) is 16.3. The third kappa shape index (κ3) is 3.33. The second-order valence-electron chi connectivity index (χ2n) is 5.44. The summed E-state index contributed by atoms with van der Waals surface area (Å²) in [5.74, 6) is -0.238. The summed E-state index contributed by atoms with van der Waals surface area (Å²) in [6.45, 7) is 2.06. The van der Waals surface area contributed by atoms with E-state index in [0.717, 1.165) is 10.8 Å². The van der Waals surface area contributed by atoms with Crippen molar-refractivity contribution in [2.45, 2.75) is 0 Å². The van der Waals surface area contributed by atoms with Gasteiger partial charge in [0.1, 0.15) is 11.3 Å². The fraction of sp³-hybridized carbons (Fsp3) is 0.333. The van der Waals surface area contributed by atoms with E-state index in [-0.39, 0.29) is 12.5 Å². The van der Waals surface area contributed by atoms with Gasteiger partial charge in [-0.1, -0.05) is 30.3 Å². The standard InChI is InChI=1S/C18H19NO5/c1-22-18(21)15-7-6-13-4-2-3-5-14(13)17(15)24-12-16(20)19-8-10-23-11-9-19/h2-7H,8-12H2,1H3. The zero-order valence-electron chi connectivity index (χ0n) is 13.5. The highest BCUT2D eigenvalue weighted by atomic mass is 16.5. The van der Waals surface area contributed by atoms with E-state index < -0.39 is 5.97 Å². The van der Waals surface area contributed by atoms with Gasteiger partial charge in [0.05, 0.1) is 20.3 Å². The molecule has 0 bridgehead atoms. The molecule has 1 amide bonds. The Morgan fingerprint density at radius 3 is 2.62 bits per heavy atom. The Kier molecular flexibility index (Phi) is 4.96. The maximum absolute atomic E-state index is 12.3. The van der Waals surface area contributed by atoms with Crippen LogP contribution >= 0.6 is 0 Å².